The van der Waals surface area contributed by atoms with Crippen molar-refractivity contribution in [3.8, 4) is 5.75 Å². The van der Waals surface area contributed by atoms with Crippen molar-refractivity contribution >= 4 is 10.0 Å². The first-order valence-electron chi connectivity index (χ1n) is 6.29. The van der Waals surface area contributed by atoms with E-state index >= 15 is 0 Å². The highest BCUT2D eigenvalue weighted by molar-refractivity contribution is 7.89. The van der Waals surface area contributed by atoms with Gasteiger partial charge in [0.15, 0.2) is 4.90 Å². The van der Waals surface area contributed by atoms with Gasteiger partial charge in [-0.3, -0.25) is 9.78 Å². The summed E-state index contributed by atoms with van der Waals surface area (Å²) >= 11 is 0. The van der Waals surface area contributed by atoms with Crippen LogP contribution in [0.4, 0.5) is 0 Å². The SMILES string of the molecule is COc1ccc(CNS(=O)(=O)c2c(C)[nH]c(=O)[nH]c2=O)cc1. The molecule has 8 nitrogen and oxygen atoms in total. The van der Waals surface area contributed by atoms with E-state index in [1.807, 2.05) is 4.98 Å². The number of aryl methyl sites for hydroxylation is 1. The van der Waals surface area contributed by atoms with Gasteiger partial charge in [-0.15, -0.1) is 0 Å². The van der Waals surface area contributed by atoms with Crippen LogP contribution in [-0.2, 0) is 16.6 Å². The first-order valence-corrected chi connectivity index (χ1v) is 7.77. The average Bonchev–Trinajstić information content (AvgIpc) is 2.44. The fraction of sp³-hybridized carbons (Fsp3) is 0.231. The van der Waals surface area contributed by atoms with Gasteiger partial charge in [0.25, 0.3) is 5.56 Å². The van der Waals surface area contributed by atoms with E-state index in [0.29, 0.717) is 11.3 Å². The van der Waals surface area contributed by atoms with Gasteiger partial charge in [0.05, 0.1) is 7.11 Å². The number of aromatic nitrogens is 2. The first kappa shape index (κ1) is 16.0. The van der Waals surface area contributed by atoms with Gasteiger partial charge in [-0.05, 0) is 24.6 Å². The van der Waals surface area contributed by atoms with Gasteiger partial charge in [-0.25, -0.2) is 17.9 Å². The van der Waals surface area contributed by atoms with Gasteiger partial charge in [0.1, 0.15) is 5.75 Å². The van der Waals surface area contributed by atoms with Crippen LogP contribution in [0.1, 0.15) is 11.3 Å². The molecule has 0 atom stereocenters. The minimum Gasteiger partial charge on any atom is -0.497 e. The van der Waals surface area contributed by atoms with Gasteiger partial charge < -0.3 is 9.72 Å². The van der Waals surface area contributed by atoms with E-state index in [-0.39, 0.29) is 12.2 Å². The number of hydrogen-bond donors (Lipinski definition) is 3. The maximum absolute atomic E-state index is 12.2. The summed E-state index contributed by atoms with van der Waals surface area (Å²) in [4.78, 5) is 26.4. The zero-order chi connectivity index (χ0) is 16.3. The molecule has 1 aromatic heterocycles. The molecule has 1 heterocycles. The van der Waals surface area contributed by atoms with Crippen LogP contribution >= 0.6 is 0 Å². The second kappa shape index (κ2) is 6.16. The lowest BCUT2D eigenvalue weighted by molar-refractivity contribution is 0.414. The number of aromatic amines is 2. The van der Waals surface area contributed by atoms with Gasteiger partial charge in [-0.2, -0.15) is 0 Å². The first-order chi connectivity index (χ1) is 10.3. The topological polar surface area (TPSA) is 121 Å². The molecule has 3 N–H and O–H groups in total. The van der Waals surface area contributed by atoms with E-state index in [9.17, 15) is 18.0 Å². The van der Waals surface area contributed by atoms with Crippen LogP contribution in [0.2, 0.25) is 0 Å². The van der Waals surface area contributed by atoms with Crippen molar-refractivity contribution in [1.29, 1.82) is 0 Å². The van der Waals surface area contributed by atoms with Gasteiger partial charge >= 0.3 is 5.69 Å². The number of benzene rings is 1. The largest absolute Gasteiger partial charge is 0.497 e. The summed E-state index contributed by atoms with van der Waals surface area (Å²) in [6.07, 6.45) is 0. The van der Waals surface area contributed by atoms with E-state index in [0.717, 1.165) is 0 Å². The Balaban J connectivity index is 2.25. The predicted molar refractivity (Wildman–Crippen MR) is 79.4 cm³/mol. The van der Waals surface area contributed by atoms with Crippen LogP contribution in [0, 0.1) is 6.92 Å². The molecule has 0 amide bonds. The maximum atomic E-state index is 12.2. The molecule has 0 aliphatic heterocycles. The smallest absolute Gasteiger partial charge is 0.325 e. The molecule has 118 valence electrons. The highest BCUT2D eigenvalue weighted by Crippen LogP contribution is 2.12. The highest BCUT2D eigenvalue weighted by atomic mass is 32.2. The second-order valence-corrected chi connectivity index (χ2v) is 6.24. The van der Waals surface area contributed by atoms with Crippen LogP contribution in [0.3, 0.4) is 0 Å². The van der Waals surface area contributed by atoms with Crippen molar-refractivity contribution < 1.29 is 13.2 Å². The van der Waals surface area contributed by atoms with Crippen LogP contribution in [0.25, 0.3) is 0 Å². The summed E-state index contributed by atoms with van der Waals surface area (Å²) in [6.45, 7) is 1.35. The average molecular weight is 325 g/mol. The molecule has 0 unspecified atom stereocenters. The summed E-state index contributed by atoms with van der Waals surface area (Å²) in [7, 11) is -2.52. The Morgan fingerprint density at radius 2 is 1.77 bits per heavy atom. The summed E-state index contributed by atoms with van der Waals surface area (Å²) in [5.74, 6) is 0.652. The molecule has 0 bridgehead atoms. The minimum atomic E-state index is -4.05. The summed E-state index contributed by atoms with van der Waals surface area (Å²) in [5, 5.41) is 0. The monoisotopic (exact) mass is 325 g/mol. The third-order valence-electron chi connectivity index (χ3n) is 2.97. The number of sulfonamides is 1. The third kappa shape index (κ3) is 3.43. The van der Waals surface area contributed by atoms with E-state index in [1.54, 1.807) is 24.3 Å². The normalized spacial score (nSPS) is 11.4. The Bertz CT molecular complexity index is 881. The van der Waals surface area contributed by atoms with Crippen molar-refractivity contribution in [3.63, 3.8) is 0 Å². The number of ether oxygens (including phenoxy) is 1. The van der Waals surface area contributed by atoms with Crippen molar-refractivity contribution in [1.82, 2.24) is 14.7 Å². The number of rotatable bonds is 5. The lowest BCUT2D eigenvalue weighted by atomic mass is 10.2. The lowest BCUT2D eigenvalue weighted by Gasteiger charge is -2.08. The second-order valence-electron chi connectivity index (χ2n) is 4.53. The summed E-state index contributed by atoms with van der Waals surface area (Å²) < 4.78 is 31.7. The van der Waals surface area contributed by atoms with Crippen molar-refractivity contribution in [2.45, 2.75) is 18.4 Å². The number of H-pyrrole nitrogens is 2. The minimum absolute atomic E-state index is 0.00430. The van der Waals surface area contributed by atoms with Crippen molar-refractivity contribution in [2.75, 3.05) is 7.11 Å². The molecule has 0 aliphatic carbocycles. The van der Waals surface area contributed by atoms with Crippen LogP contribution in [0.5, 0.6) is 5.75 Å². The molecule has 22 heavy (non-hydrogen) atoms. The van der Waals surface area contributed by atoms with E-state index < -0.39 is 26.2 Å². The molecule has 0 radical (unpaired) electrons. The molecule has 0 fully saturated rings. The van der Waals surface area contributed by atoms with Gasteiger partial charge in [0, 0.05) is 12.2 Å². The predicted octanol–water partition coefficient (Wildman–Crippen LogP) is -0.141. The van der Waals surface area contributed by atoms with Crippen LogP contribution in [-0.4, -0.2) is 25.5 Å². The number of methoxy groups -OCH3 is 1. The quantitative estimate of drug-likeness (QED) is 0.706. The Hall–Kier alpha value is -2.39. The fourth-order valence-electron chi connectivity index (χ4n) is 1.91. The van der Waals surface area contributed by atoms with Gasteiger partial charge in [0.2, 0.25) is 10.0 Å². The molecule has 0 saturated carbocycles. The van der Waals surface area contributed by atoms with Crippen molar-refractivity contribution in [3.05, 3.63) is 56.4 Å². The fourth-order valence-corrected chi connectivity index (χ4v) is 3.16. The molecule has 2 aromatic rings. The Labute approximate surface area is 126 Å². The molecular formula is C13H15N3O5S. The zero-order valence-electron chi connectivity index (χ0n) is 12.0. The molecule has 1 aromatic carbocycles. The Morgan fingerprint density at radius 1 is 1.14 bits per heavy atom. The number of hydrogen-bond acceptors (Lipinski definition) is 5. The summed E-state index contributed by atoms with van der Waals surface area (Å²) in [6, 6.07) is 6.79. The lowest BCUT2D eigenvalue weighted by Crippen LogP contribution is -2.34. The van der Waals surface area contributed by atoms with E-state index in [4.69, 9.17) is 4.74 Å². The molecular weight excluding hydrogens is 310 g/mol. The molecule has 9 heteroatoms. The van der Waals surface area contributed by atoms with Crippen LogP contribution in [0.15, 0.2) is 38.8 Å². The van der Waals surface area contributed by atoms with E-state index in [2.05, 4.69) is 9.71 Å². The van der Waals surface area contributed by atoms with E-state index in [1.165, 1.54) is 14.0 Å². The zero-order valence-corrected chi connectivity index (χ0v) is 12.8. The standard InChI is InChI=1S/C13H15N3O5S/c1-8-11(12(17)16-13(18)15-8)22(19,20)14-7-9-3-5-10(21-2)6-4-9/h3-6,14H,7H2,1-2H3,(H2,15,16,17,18). The molecule has 0 saturated heterocycles. The summed E-state index contributed by atoms with van der Waals surface area (Å²) in [5.41, 5.74) is -1.03. The molecule has 0 spiro atoms. The number of nitrogens with one attached hydrogen (secondary N) is 3. The van der Waals surface area contributed by atoms with Gasteiger partial charge in [-0.1, -0.05) is 12.1 Å². The van der Waals surface area contributed by atoms with Crippen LogP contribution < -0.4 is 20.7 Å². The Morgan fingerprint density at radius 3 is 2.32 bits per heavy atom. The Kier molecular flexibility index (Phi) is 4.48. The highest BCUT2D eigenvalue weighted by Gasteiger charge is 2.21. The molecule has 2 rings (SSSR count). The third-order valence-corrected chi connectivity index (χ3v) is 4.52. The van der Waals surface area contributed by atoms with Crippen molar-refractivity contribution in [2.24, 2.45) is 0 Å². The molecule has 0 aliphatic rings. The maximum Gasteiger partial charge on any atom is 0.325 e.